The van der Waals surface area contributed by atoms with Gasteiger partial charge in [-0.15, -0.1) is 0 Å². The summed E-state index contributed by atoms with van der Waals surface area (Å²) in [6, 6.07) is 11.7. The summed E-state index contributed by atoms with van der Waals surface area (Å²) in [6.45, 7) is 4.01. The molecule has 2 aromatic rings. The third kappa shape index (κ3) is 4.63. The number of aryl methyl sites for hydroxylation is 1. The van der Waals surface area contributed by atoms with Crippen molar-refractivity contribution in [3.63, 3.8) is 0 Å². The number of amides is 1. The normalized spacial score (nSPS) is 14.5. The first-order valence-corrected chi connectivity index (χ1v) is 11.2. The Hall–Kier alpha value is -2.91. The Kier molecular flexibility index (Phi) is 6.42. The topological polar surface area (TPSA) is 110 Å². The average Bonchev–Trinajstić information content (AvgIpc) is 2.77. The quantitative estimate of drug-likeness (QED) is 0.721. The largest absolute Gasteiger partial charge is 0.465 e. The molecule has 1 saturated heterocycles. The summed E-state index contributed by atoms with van der Waals surface area (Å²) in [6.07, 6.45) is 0.917. The molecule has 1 aliphatic heterocycles. The number of esters is 1. The van der Waals surface area contributed by atoms with Crippen molar-refractivity contribution in [2.45, 2.75) is 18.2 Å². The number of primary sulfonamides is 1. The molecule has 3 rings (SSSR count). The van der Waals surface area contributed by atoms with E-state index in [9.17, 15) is 18.0 Å². The van der Waals surface area contributed by atoms with Crippen LogP contribution in [0.5, 0.6) is 0 Å². The number of carbonyl (C=O) groups is 2. The van der Waals surface area contributed by atoms with Crippen LogP contribution in [0.2, 0.25) is 0 Å². The zero-order chi connectivity index (χ0) is 21.9. The molecule has 0 atom stereocenters. The molecule has 2 N–H and O–H groups in total. The van der Waals surface area contributed by atoms with E-state index < -0.39 is 16.0 Å². The van der Waals surface area contributed by atoms with Crippen molar-refractivity contribution >= 4 is 27.6 Å². The molecule has 2 aromatic carbocycles. The fraction of sp³-hybridized carbons (Fsp3) is 0.333. The highest BCUT2D eigenvalue weighted by Gasteiger charge is 2.26. The van der Waals surface area contributed by atoms with E-state index in [2.05, 4.69) is 6.92 Å². The van der Waals surface area contributed by atoms with Crippen LogP contribution in [0.3, 0.4) is 0 Å². The SMILES string of the molecule is CCc1ccc(C(=O)N2CCN(c3ccc(S(N)(=O)=O)cc3C(=O)OC)CC2)cc1. The van der Waals surface area contributed by atoms with Gasteiger partial charge in [0.05, 0.1) is 23.3 Å². The van der Waals surface area contributed by atoms with Crippen LogP contribution in [0.4, 0.5) is 5.69 Å². The lowest BCUT2D eigenvalue weighted by molar-refractivity contribution is 0.0599. The van der Waals surface area contributed by atoms with E-state index in [4.69, 9.17) is 9.88 Å². The monoisotopic (exact) mass is 431 g/mol. The van der Waals surface area contributed by atoms with E-state index in [0.29, 0.717) is 37.4 Å². The fourth-order valence-electron chi connectivity index (χ4n) is 3.46. The number of hydrogen-bond acceptors (Lipinski definition) is 6. The van der Waals surface area contributed by atoms with Crippen molar-refractivity contribution in [2.75, 3.05) is 38.2 Å². The number of piperazine rings is 1. The summed E-state index contributed by atoms with van der Waals surface area (Å²) < 4.78 is 28.1. The zero-order valence-corrected chi connectivity index (χ0v) is 17.8. The predicted molar refractivity (Wildman–Crippen MR) is 113 cm³/mol. The lowest BCUT2D eigenvalue weighted by atomic mass is 10.1. The molecular weight excluding hydrogens is 406 g/mol. The Morgan fingerprint density at radius 2 is 1.67 bits per heavy atom. The summed E-state index contributed by atoms with van der Waals surface area (Å²) in [5, 5.41) is 5.18. The highest BCUT2D eigenvalue weighted by atomic mass is 32.2. The highest BCUT2D eigenvalue weighted by molar-refractivity contribution is 7.89. The maximum atomic E-state index is 12.8. The van der Waals surface area contributed by atoms with Gasteiger partial charge in [-0.25, -0.2) is 18.4 Å². The van der Waals surface area contributed by atoms with E-state index in [1.54, 1.807) is 11.0 Å². The molecule has 9 heteroatoms. The molecule has 1 heterocycles. The van der Waals surface area contributed by atoms with Crippen LogP contribution < -0.4 is 10.0 Å². The second-order valence-corrected chi connectivity index (χ2v) is 8.61. The van der Waals surface area contributed by atoms with E-state index >= 15 is 0 Å². The molecule has 160 valence electrons. The summed E-state index contributed by atoms with van der Waals surface area (Å²) in [4.78, 5) is 28.5. The standard InChI is InChI=1S/C21H25N3O5S/c1-3-15-4-6-16(7-5-15)20(25)24-12-10-23(11-13-24)19-9-8-17(30(22,27)28)14-18(19)21(26)29-2/h4-9,14H,3,10-13H2,1-2H3,(H2,22,27,28). The fourth-order valence-corrected chi connectivity index (χ4v) is 4.00. The van der Waals surface area contributed by atoms with Crippen LogP contribution in [0.15, 0.2) is 47.4 Å². The first-order chi connectivity index (χ1) is 14.2. The lowest BCUT2D eigenvalue weighted by Gasteiger charge is -2.36. The molecule has 1 aliphatic rings. The van der Waals surface area contributed by atoms with Crippen molar-refractivity contribution in [1.29, 1.82) is 0 Å². The number of carbonyl (C=O) groups excluding carboxylic acids is 2. The lowest BCUT2D eigenvalue weighted by Crippen LogP contribution is -2.49. The van der Waals surface area contributed by atoms with Crippen LogP contribution in [-0.2, 0) is 21.2 Å². The van der Waals surface area contributed by atoms with Gasteiger partial charge in [-0.3, -0.25) is 4.79 Å². The molecule has 0 aromatic heterocycles. The molecular formula is C21H25N3O5S. The van der Waals surface area contributed by atoms with Crippen molar-refractivity contribution in [2.24, 2.45) is 5.14 Å². The van der Waals surface area contributed by atoms with Gasteiger partial charge in [0.15, 0.2) is 0 Å². The van der Waals surface area contributed by atoms with Crippen LogP contribution in [-0.4, -0.2) is 58.5 Å². The first-order valence-electron chi connectivity index (χ1n) is 9.63. The summed E-state index contributed by atoms with van der Waals surface area (Å²) in [5.41, 5.74) is 2.50. The maximum absolute atomic E-state index is 12.8. The van der Waals surface area contributed by atoms with Gasteiger partial charge >= 0.3 is 5.97 Å². The number of hydrogen-bond donors (Lipinski definition) is 1. The molecule has 0 spiro atoms. The number of sulfonamides is 1. The number of nitrogens with zero attached hydrogens (tertiary/aromatic N) is 2. The molecule has 1 amide bonds. The van der Waals surface area contributed by atoms with E-state index in [0.717, 1.165) is 6.42 Å². The van der Waals surface area contributed by atoms with Crippen LogP contribution >= 0.6 is 0 Å². The number of nitrogens with two attached hydrogens (primary N) is 1. The first kappa shape index (κ1) is 21.8. The number of methoxy groups -OCH3 is 1. The Labute approximate surface area is 176 Å². The Bertz CT molecular complexity index is 1040. The minimum Gasteiger partial charge on any atom is -0.465 e. The molecule has 30 heavy (non-hydrogen) atoms. The van der Waals surface area contributed by atoms with Gasteiger partial charge in [-0.2, -0.15) is 0 Å². The molecule has 0 radical (unpaired) electrons. The number of benzene rings is 2. The molecule has 0 bridgehead atoms. The number of anilines is 1. The van der Waals surface area contributed by atoms with E-state index in [1.807, 2.05) is 29.2 Å². The third-order valence-corrected chi connectivity index (χ3v) is 6.13. The van der Waals surface area contributed by atoms with Crippen LogP contribution in [0, 0.1) is 0 Å². The van der Waals surface area contributed by atoms with Crippen molar-refractivity contribution in [3.05, 3.63) is 59.2 Å². The van der Waals surface area contributed by atoms with Gasteiger partial charge in [0, 0.05) is 31.7 Å². The van der Waals surface area contributed by atoms with Crippen LogP contribution in [0.25, 0.3) is 0 Å². The van der Waals surface area contributed by atoms with Crippen molar-refractivity contribution < 1.29 is 22.7 Å². The highest BCUT2D eigenvalue weighted by Crippen LogP contribution is 2.26. The predicted octanol–water partition coefficient (Wildman–Crippen LogP) is 1.65. The summed E-state index contributed by atoms with van der Waals surface area (Å²) in [5.74, 6) is -0.680. The van der Waals surface area contributed by atoms with Gasteiger partial charge in [0.25, 0.3) is 5.91 Å². The summed E-state index contributed by atoms with van der Waals surface area (Å²) >= 11 is 0. The third-order valence-electron chi connectivity index (χ3n) is 5.22. The summed E-state index contributed by atoms with van der Waals surface area (Å²) in [7, 11) is -2.72. The van der Waals surface area contributed by atoms with Gasteiger partial charge in [0.1, 0.15) is 0 Å². The minimum absolute atomic E-state index is 0.0323. The van der Waals surface area contributed by atoms with E-state index in [-0.39, 0.29) is 16.4 Å². The second kappa shape index (κ2) is 8.85. The smallest absolute Gasteiger partial charge is 0.340 e. The number of ether oxygens (including phenoxy) is 1. The van der Waals surface area contributed by atoms with Crippen LogP contribution in [0.1, 0.15) is 33.2 Å². The Morgan fingerprint density at radius 1 is 1.03 bits per heavy atom. The van der Waals surface area contributed by atoms with Gasteiger partial charge in [-0.05, 0) is 42.3 Å². The molecule has 8 nitrogen and oxygen atoms in total. The van der Waals surface area contributed by atoms with Crippen molar-refractivity contribution in [1.82, 2.24) is 4.90 Å². The van der Waals surface area contributed by atoms with Gasteiger partial charge in [0.2, 0.25) is 10.0 Å². The average molecular weight is 432 g/mol. The second-order valence-electron chi connectivity index (χ2n) is 7.05. The Balaban J connectivity index is 1.76. The zero-order valence-electron chi connectivity index (χ0n) is 17.0. The minimum atomic E-state index is -3.95. The molecule has 1 fully saturated rings. The van der Waals surface area contributed by atoms with E-state index in [1.165, 1.54) is 24.8 Å². The van der Waals surface area contributed by atoms with Crippen molar-refractivity contribution in [3.8, 4) is 0 Å². The van der Waals surface area contributed by atoms with Gasteiger partial charge < -0.3 is 14.5 Å². The maximum Gasteiger partial charge on any atom is 0.340 e. The van der Waals surface area contributed by atoms with Gasteiger partial charge in [-0.1, -0.05) is 19.1 Å². The number of rotatable bonds is 5. The molecule has 0 saturated carbocycles. The molecule has 0 aliphatic carbocycles. The Morgan fingerprint density at radius 3 is 2.20 bits per heavy atom. The molecule has 0 unspecified atom stereocenters.